The molecule has 120 valence electrons. The zero-order valence-electron chi connectivity index (χ0n) is 11.5. The summed E-state index contributed by atoms with van der Waals surface area (Å²) in [5.74, 6) is -0.791. The van der Waals surface area contributed by atoms with E-state index in [2.05, 4.69) is 4.74 Å². The number of benzene rings is 2. The zero-order chi connectivity index (χ0) is 15.6. The lowest BCUT2D eigenvalue weighted by Gasteiger charge is -2.15. The number of hydrogen-bond acceptors (Lipinski definition) is 2. The number of alkyl halides is 3. The van der Waals surface area contributed by atoms with Crippen LogP contribution in [-0.2, 0) is 0 Å². The van der Waals surface area contributed by atoms with Gasteiger partial charge < -0.3 is 10.5 Å². The summed E-state index contributed by atoms with van der Waals surface area (Å²) in [5, 5.41) is 0. The first kappa shape index (κ1) is 18.3. The highest BCUT2D eigenvalue weighted by atomic mass is 35.5. The van der Waals surface area contributed by atoms with Crippen molar-refractivity contribution in [3.63, 3.8) is 0 Å². The summed E-state index contributed by atoms with van der Waals surface area (Å²) in [6, 6.07) is 8.94. The summed E-state index contributed by atoms with van der Waals surface area (Å²) >= 11 is 0. The summed E-state index contributed by atoms with van der Waals surface area (Å²) in [4.78, 5) is 0. The summed E-state index contributed by atoms with van der Waals surface area (Å²) in [5.41, 5.74) is 7.48. The molecule has 0 spiro atoms. The van der Waals surface area contributed by atoms with Gasteiger partial charge in [-0.3, -0.25) is 0 Å². The molecule has 0 saturated heterocycles. The summed E-state index contributed by atoms with van der Waals surface area (Å²) in [6.45, 7) is 1.75. The topological polar surface area (TPSA) is 35.2 Å². The van der Waals surface area contributed by atoms with E-state index in [9.17, 15) is 17.6 Å². The maximum absolute atomic E-state index is 13.8. The molecular weight excluding hydrogens is 322 g/mol. The fourth-order valence-corrected chi connectivity index (χ4v) is 1.94. The molecule has 0 amide bonds. The van der Waals surface area contributed by atoms with Crippen LogP contribution in [-0.4, -0.2) is 6.36 Å². The number of aryl methyl sites for hydroxylation is 1. The third-order valence-electron chi connectivity index (χ3n) is 2.96. The minimum Gasteiger partial charge on any atom is -0.406 e. The second-order valence-corrected chi connectivity index (χ2v) is 4.62. The number of hydrogen-bond donors (Lipinski definition) is 1. The lowest BCUT2D eigenvalue weighted by molar-refractivity contribution is -0.274. The number of nitrogens with two attached hydrogens (primary N) is 1. The Kier molecular flexibility index (Phi) is 5.79. The van der Waals surface area contributed by atoms with Crippen molar-refractivity contribution in [2.75, 3.05) is 0 Å². The minimum absolute atomic E-state index is 0. The van der Waals surface area contributed by atoms with Gasteiger partial charge >= 0.3 is 6.36 Å². The predicted octanol–water partition coefficient (Wildman–Crippen LogP) is 4.50. The molecule has 0 heterocycles. The second-order valence-electron chi connectivity index (χ2n) is 4.62. The molecule has 0 aliphatic heterocycles. The number of ether oxygens (including phenoxy) is 1. The minimum atomic E-state index is -4.74. The molecule has 0 fully saturated rings. The van der Waals surface area contributed by atoms with Gasteiger partial charge in [-0.05, 0) is 36.2 Å². The molecule has 0 aliphatic rings. The average molecular weight is 336 g/mol. The van der Waals surface area contributed by atoms with Gasteiger partial charge in [-0.2, -0.15) is 0 Å². The van der Waals surface area contributed by atoms with Crippen LogP contribution >= 0.6 is 12.4 Å². The lowest BCUT2D eigenvalue weighted by Crippen LogP contribution is -2.17. The molecular formula is C15H14ClF4NO. The Balaban J connectivity index is 0.00000242. The predicted molar refractivity (Wildman–Crippen MR) is 77.5 cm³/mol. The molecule has 0 aliphatic carbocycles. The van der Waals surface area contributed by atoms with Gasteiger partial charge in [0.15, 0.2) is 0 Å². The van der Waals surface area contributed by atoms with Crippen LogP contribution in [0.1, 0.15) is 22.7 Å². The van der Waals surface area contributed by atoms with Gasteiger partial charge in [0.2, 0.25) is 0 Å². The van der Waals surface area contributed by atoms with Crippen LogP contribution in [0.25, 0.3) is 0 Å². The lowest BCUT2D eigenvalue weighted by atomic mass is 9.98. The smallest absolute Gasteiger partial charge is 0.406 e. The molecule has 2 N–H and O–H groups in total. The van der Waals surface area contributed by atoms with Gasteiger partial charge in [-0.25, -0.2) is 4.39 Å². The average Bonchev–Trinajstić information content (AvgIpc) is 2.37. The van der Waals surface area contributed by atoms with Crippen molar-refractivity contribution >= 4 is 12.4 Å². The largest absolute Gasteiger partial charge is 0.573 e. The van der Waals surface area contributed by atoms with Crippen molar-refractivity contribution in [3.8, 4) is 5.75 Å². The van der Waals surface area contributed by atoms with Crippen LogP contribution in [0, 0.1) is 12.7 Å². The maximum Gasteiger partial charge on any atom is 0.573 e. The van der Waals surface area contributed by atoms with E-state index < -0.39 is 18.2 Å². The Bertz CT molecular complexity index is 628. The quantitative estimate of drug-likeness (QED) is 0.838. The highest BCUT2D eigenvalue weighted by molar-refractivity contribution is 5.85. The van der Waals surface area contributed by atoms with Crippen LogP contribution in [0.5, 0.6) is 5.75 Å². The van der Waals surface area contributed by atoms with Gasteiger partial charge in [0.25, 0.3) is 0 Å². The molecule has 2 aromatic carbocycles. The van der Waals surface area contributed by atoms with E-state index in [-0.39, 0.29) is 23.7 Å². The molecule has 0 bridgehead atoms. The van der Waals surface area contributed by atoms with Crippen LogP contribution in [0.2, 0.25) is 0 Å². The number of halogens is 5. The summed E-state index contributed by atoms with van der Waals surface area (Å²) in [6.07, 6.45) is -4.74. The van der Waals surface area contributed by atoms with E-state index in [4.69, 9.17) is 5.73 Å². The van der Waals surface area contributed by atoms with Gasteiger partial charge in [0.05, 0.1) is 6.04 Å². The second kappa shape index (κ2) is 6.98. The Morgan fingerprint density at radius 1 is 1.05 bits per heavy atom. The van der Waals surface area contributed by atoms with Crippen molar-refractivity contribution < 1.29 is 22.3 Å². The van der Waals surface area contributed by atoms with E-state index in [0.717, 1.165) is 17.7 Å². The van der Waals surface area contributed by atoms with Crippen molar-refractivity contribution in [2.45, 2.75) is 19.3 Å². The van der Waals surface area contributed by atoms with Crippen LogP contribution < -0.4 is 10.5 Å². The van der Waals surface area contributed by atoms with Gasteiger partial charge in [0.1, 0.15) is 11.6 Å². The molecule has 22 heavy (non-hydrogen) atoms. The molecule has 0 saturated carbocycles. The van der Waals surface area contributed by atoms with Crippen molar-refractivity contribution in [1.82, 2.24) is 0 Å². The first-order valence-electron chi connectivity index (χ1n) is 6.13. The highest BCUT2D eigenvalue weighted by Gasteiger charge is 2.31. The van der Waals surface area contributed by atoms with E-state index in [1.807, 2.05) is 0 Å². The first-order chi connectivity index (χ1) is 9.76. The fourth-order valence-electron chi connectivity index (χ4n) is 1.94. The third kappa shape index (κ3) is 4.61. The number of rotatable bonds is 3. The molecule has 1 atom stereocenters. The van der Waals surface area contributed by atoms with E-state index in [0.29, 0.717) is 5.56 Å². The van der Waals surface area contributed by atoms with Crippen molar-refractivity contribution in [2.24, 2.45) is 5.73 Å². The van der Waals surface area contributed by atoms with Gasteiger partial charge in [-0.15, -0.1) is 25.6 Å². The van der Waals surface area contributed by atoms with Crippen LogP contribution in [0.4, 0.5) is 17.6 Å². The standard InChI is InChI=1S/C15H13F4NO.ClH/c1-9-2-7-12(13(16)8-9)14(20)10-3-5-11(6-4-10)21-15(17,18)19;/h2-8,14H,20H2,1H3;1H/t14-;/m0./s1. The first-order valence-corrected chi connectivity index (χ1v) is 6.13. The van der Waals surface area contributed by atoms with Gasteiger partial charge in [-0.1, -0.05) is 24.3 Å². The Labute approximate surface area is 131 Å². The Hall–Kier alpha value is -1.79. The van der Waals surface area contributed by atoms with Gasteiger partial charge in [0, 0.05) is 5.56 Å². The normalized spacial score (nSPS) is 12.5. The Morgan fingerprint density at radius 3 is 2.14 bits per heavy atom. The fraction of sp³-hybridized carbons (Fsp3) is 0.200. The molecule has 2 rings (SSSR count). The highest BCUT2D eigenvalue weighted by Crippen LogP contribution is 2.27. The molecule has 7 heteroatoms. The molecule has 2 aromatic rings. The van der Waals surface area contributed by atoms with Crippen LogP contribution in [0.3, 0.4) is 0 Å². The maximum atomic E-state index is 13.8. The van der Waals surface area contributed by atoms with Crippen molar-refractivity contribution in [1.29, 1.82) is 0 Å². The van der Waals surface area contributed by atoms with Crippen molar-refractivity contribution in [3.05, 3.63) is 65.0 Å². The summed E-state index contributed by atoms with van der Waals surface area (Å²) in [7, 11) is 0. The summed E-state index contributed by atoms with van der Waals surface area (Å²) < 4.78 is 53.8. The monoisotopic (exact) mass is 335 g/mol. The molecule has 2 nitrogen and oxygen atoms in total. The molecule has 0 aromatic heterocycles. The third-order valence-corrected chi connectivity index (χ3v) is 2.96. The van der Waals surface area contributed by atoms with Crippen LogP contribution in [0.15, 0.2) is 42.5 Å². The zero-order valence-corrected chi connectivity index (χ0v) is 12.3. The Morgan fingerprint density at radius 2 is 1.64 bits per heavy atom. The van der Waals surface area contributed by atoms with E-state index in [1.165, 1.54) is 18.2 Å². The molecule has 0 unspecified atom stereocenters. The molecule has 0 radical (unpaired) electrons. The van der Waals surface area contributed by atoms with E-state index >= 15 is 0 Å². The SMILES string of the molecule is Cc1ccc([C@@H](N)c2ccc(OC(F)(F)F)cc2)c(F)c1.Cl. The van der Waals surface area contributed by atoms with E-state index in [1.54, 1.807) is 19.1 Å².